The summed E-state index contributed by atoms with van der Waals surface area (Å²) >= 11 is 0. The van der Waals surface area contributed by atoms with E-state index in [9.17, 15) is 4.79 Å². The predicted molar refractivity (Wildman–Crippen MR) is 92.5 cm³/mol. The van der Waals surface area contributed by atoms with Crippen molar-refractivity contribution in [2.24, 2.45) is 7.05 Å². The Morgan fingerprint density at radius 1 is 1.17 bits per heavy atom. The summed E-state index contributed by atoms with van der Waals surface area (Å²) in [4.78, 5) is 14.9. The number of carbonyl (C=O) groups is 1. The first kappa shape index (κ1) is 15.4. The van der Waals surface area contributed by atoms with E-state index in [4.69, 9.17) is 0 Å². The second-order valence-electron chi connectivity index (χ2n) is 6.89. The van der Waals surface area contributed by atoms with Crippen LogP contribution < -0.4 is 5.32 Å². The Kier molecular flexibility index (Phi) is 4.10. The minimum atomic E-state index is -0.0758. The summed E-state index contributed by atoms with van der Waals surface area (Å²) in [7, 11) is 2.00. The van der Waals surface area contributed by atoms with Crippen LogP contribution in [0.5, 0.6) is 0 Å². The van der Waals surface area contributed by atoms with Crippen molar-refractivity contribution in [3.05, 3.63) is 53.3 Å². The predicted octanol–water partition coefficient (Wildman–Crippen LogP) is 1.84. The standard InChI is InChI=1S/C19H24N4O/c1-22-18(6-9-21-22)14-7-10-23(11-8-14)19(24)17-12-15-4-2-3-5-16(15)13-20-17/h2-6,9,14,17,20H,7-8,10-13H2,1H3/t17-/m0/s1. The number of nitrogens with zero attached hydrogens (tertiary/aromatic N) is 3. The van der Waals surface area contributed by atoms with E-state index in [1.165, 1.54) is 16.8 Å². The van der Waals surface area contributed by atoms with E-state index < -0.39 is 0 Å². The smallest absolute Gasteiger partial charge is 0.240 e. The zero-order chi connectivity index (χ0) is 16.5. The number of hydrogen-bond donors (Lipinski definition) is 1. The molecule has 1 aromatic carbocycles. The molecule has 126 valence electrons. The minimum absolute atomic E-state index is 0.0758. The van der Waals surface area contributed by atoms with E-state index in [1.54, 1.807) is 0 Å². The molecule has 2 aliphatic heterocycles. The first-order valence-electron chi connectivity index (χ1n) is 8.79. The highest BCUT2D eigenvalue weighted by Crippen LogP contribution is 2.28. The summed E-state index contributed by atoms with van der Waals surface area (Å²) in [5, 5.41) is 7.68. The van der Waals surface area contributed by atoms with Gasteiger partial charge in [-0.1, -0.05) is 24.3 Å². The van der Waals surface area contributed by atoms with Crippen LogP contribution in [0.3, 0.4) is 0 Å². The Hall–Kier alpha value is -2.14. The second-order valence-corrected chi connectivity index (χ2v) is 6.89. The Bertz CT molecular complexity index is 730. The molecule has 0 bridgehead atoms. The molecule has 5 nitrogen and oxygen atoms in total. The number of amides is 1. The molecule has 3 heterocycles. The van der Waals surface area contributed by atoms with Crippen molar-refractivity contribution < 1.29 is 4.79 Å². The van der Waals surface area contributed by atoms with Crippen molar-refractivity contribution in [2.75, 3.05) is 13.1 Å². The molecule has 2 aliphatic rings. The van der Waals surface area contributed by atoms with Gasteiger partial charge in [0.2, 0.25) is 5.91 Å². The highest BCUT2D eigenvalue weighted by Gasteiger charge is 2.31. The van der Waals surface area contributed by atoms with Crippen LogP contribution in [0.2, 0.25) is 0 Å². The molecule has 24 heavy (non-hydrogen) atoms. The van der Waals surface area contributed by atoms with Gasteiger partial charge in [0.1, 0.15) is 0 Å². The maximum absolute atomic E-state index is 12.9. The van der Waals surface area contributed by atoms with E-state index in [1.807, 2.05) is 22.8 Å². The van der Waals surface area contributed by atoms with Crippen LogP contribution in [0, 0.1) is 0 Å². The highest BCUT2D eigenvalue weighted by atomic mass is 16.2. The number of nitrogens with one attached hydrogen (secondary N) is 1. The number of aromatic nitrogens is 2. The van der Waals surface area contributed by atoms with E-state index in [0.717, 1.165) is 38.9 Å². The maximum Gasteiger partial charge on any atom is 0.240 e. The quantitative estimate of drug-likeness (QED) is 0.917. The van der Waals surface area contributed by atoms with Gasteiger partial charge in [0.15, 0.2) is 0 Å². The summed E-state index contributed by atoms with van der Waals surface area (Å²) in [6.07, 6.45) is 4.70. The number of benzene rings is 1. The summed E-state index contributed by atoms with van der Waals surface area (Å²) in [5.74, 6) is 0.773. The fraction of sp³-hybridized carbons (Fsp3) is 0.474. The van der Waals surface area contributed by atoms with Crippen molar-refractivity contribution in [1.82, 2.24) is 20.0 Å². The number of hydrogen-bond acceptors (Lipinski definition) is 3. The molecule has 0 unspecified atom stereocenters. The lowest BCUT2D eigenvalue weighted by Gasteiger charge is -2.36. The Morgan fingerprint density at radius 3 is 2.62 bits per heavy atom. The normalized spacial score (nSPS) is 21.5. The van der Waals surface area contributed by atoms with Crippen LogP contribution in [0.15, 0.2) is 36.5 Å². The van der Waals surface area contributed by atoms with Gasteiger partial charge in [-0.15, -0.1) is 0 Å². The van der Waals surface area contributed by atoms with Crippen molar-refractivity contribution in [2.45, 2.75) is 37.8 Å². The molecule has 1 atom stereocenters. The topological polar surface area (TPSA) is 50.2 Å². The van der Waals surface area contributed by atoms with Gasteiger partial charge in [-0.25, -0.2) is 0 Å². The van der Waals surface area contributed by atoms with Crippen molar-refractivity contribution >= 4 is 5.91 Å². The molecule has 0 aliphatic carbocycles. The van der Waals surface area contributed by atoms with Gasteiger partial charge in [0.05, 0.1) is 6.04 Å². The summed E-state index contributed by atoms with van der Waals surface area (Å²) < 4.78 is 1.96. The number of fused-ring (bicyclic) bond motifs is 1. The number of rotatable bonds is 2. The second kappa shape index (κ2) is 6.40. The van der Waals surface area contributed by atoms with Gasteiger partial charge in [0, 0.05) is 44.5 Å². The summed E-state index contributed by atoms with van der Waals surface area (Å²) in [6.45, 7) is 2.47. The lowest BCUT2D eigenvalue weighted by atomic mass is 9.91. The average molecular weight is 324 g/mol. The van der Waals surface area contributed by atoms with Gasteiger partial charge in [-0.2, -0.15) is 5.10 Å². The molecule has 0 spiro atoms. The Balaban J connectivity index is 1.38. The third-order valence-corrected chi connectivity index (χ3v) is 5.46. The SMILES string of the molecule is Cn1nccc1C1CCN(C(=O)[C@@H]2Cc3ccccc3CN2)CC1. The molecular weight excluding hydrogens is 300 g/mol. The van der Waals surface area contributed by atoms with Gasteiger partial charge < -0.3 is 10.2 Å². The Morgan fingerprint density at radius 2 is 1.92 bits per heavy atom. The summed E-state index contributed by atoms with van der Waals surface area (Å²) in [6, 6.07) is 10.4. The first-order valence-corrected chi connectivity index (χ1v) is 8.79. The molecular formula is C19H24N4O. The third kappa shape index (κ3) is 2.84. The van der Waals surface area contributed by atoms with Crippen LogP contribution in [0.1, 0.15) is 35.6 Å². The van der Waals surface area contributed by atoms with E-state index in [2.05, 4.69) is 40.7 Å². The zero-order valence-corrected chi connectivity index (χ0v) is 14.1. The van der Waals surface area contributed by atoms with Gasteiger partial charge in [-0.3, -0.25) is 9.48 Å². The molecule has 2 aromatic rings. The van der Waals surface area contributed by atoms with Crippen molar-refractivity contribution in [1.29, 1.82) is 0 Å². The average Bonchev–Trinajstić information content (AvgIpc) is 3.07. The molecule has 1 amide bonds. The monoisotopic (exact) mass is 324 g/mol. The molecule has 1 fully saturated rings. The maximum atomic E-state index is 12.9. The summed E-state index contributed by atoms with van der Waals surface area (Å²) in [5.41, 5.74) is 3.91. The third-order valence-electron chi connectivity index (χ3n) is 5.46. The van der Waals surface area contributed by atoms with Crippen LogP contribution in [0.4, 0.5) is 0 Å². The van der Waals surface area contributed by atoms with E-state index >= 15 is 0 Å². The number of aryl methyl sites for hydroxylation is 1. The number of piperidine rings is 1. The fourth-order valence-electron chi connectivity index (χ4n) is 4.03. The fourth-order valence-corrected chi connectivity index (χ4v) is 4.03. The largest absolute Gasteiger partial charge is 0.341 e. The molecule has 1 aromatic heterocycles. The number of likely N-dealkylation sites (tertiary alicyclic amines) is 1. The minimum Gasteiger partial charge on any atom is -0.341 e. The number of carbonyl (C=O) groups excluding carboxylic acids is 1. The van der Waals surface area contributed by atoms with Crippen LogP contribution >= 0.6 is 0 Å². The van der Waals surface area contributed by atoms with Crippen LogP contribution in [0.25, 0.3) is 0 Å². The lowest BCUT2D eigenvalue weighted by Crippen LogP contribution is -2.51. The molecule has 5 heteroatoms. The van der Waals surface area contributed by atoms with E-state index in [0.29, 0.717) is 5.92 Å². The zero-order valence-electron chi connectivity index (χ0n) is 14.1. The lowest BCUT2D eigenvalue weighted by molar-refractivity contribution is -0.134. The van der Waals surface area contributed by atoms with Crippen LogP contribution in [-0.4, -0.2) is 39.7 Å². The van der Waals surface area contributed by atoms with Gasteiger partial charge >= 0.3 is 0 Å². The molecule has 0 saturated carbocycles. The van der Waals surface area contributed by atoms with Crippen molar-refractivity contribution in [3.8, 4) is 0 Å². The van der Waals surface area contributed by atoms with Crippen LogP contribution in [-0.2, 0) is 24.8 Å². The molecule has 0 radical (unpaired) electrons. The Labute approximate surface area is 142 Å². The molecule has 1 saturated heterocycles. The highest BCUT2D eigenvalue weighted by molar-refractivity contribution is 5.82. The first-order chi connectivity index (χ1) is 11.7. The van der Waals surface area contributed by atoms with E-state index in [-0.39, 0.29) is 11.9 Å². The van der Waals surface area contributed by atoms with Gasteiger partial charge in [0.25, 0.3) is 0 Å². The molecule has 1 N–H and O–H groups in total. The van der Waals surface area contributed by atoms with Gasteiger partial charge in [-0.05, 0) is 36.5 Å². The van der Waals surface area contributed by atoms with Crippen molar-refractivity contribution in [3.63, 3.8) is 0 Å². The molecule has 4 rings (SSSR count).